The third-order valence-electron chi connectivity index (χ3n) is 3.71. The summed E-state index contributed by atoms with van der Waals surface area (Å²) in [7, 11) is 0. The summed E-state index contributed by atoms with van der Waals surface area (Å²) in [6.45, 7) is 11.7. The van der Waals surface area contributed by atoms with E-state index in [2.05, 4.69) is 40.7 Å². The van der Waals surface area contributed by atoms with Crippen molar-refractivity contribution in [3.05, 3.63) is 11.6 Å². The monoisotopic (exact) mass is 152 g/mol. The Kier molecular flexibility index (Phi) is 2.13. The van der Waals surface area contributed by atoms with Crippen LogP contribution in [0.1, 0.15) is 41.0 Å². The second-order valence-electron chi connectivity index (χ2n) is 4.51. The predicted octanol–water partition coefficient (Wildman–Crippen LogP) is 3.63. The molecule has 1 saturated carbocycles. The minimum Gasteiger partial charge on any atom is -0.0879 e. The molecule has 0 aromatic carbocycles. The number of hydrogen-bond acceptors (Lipinski definition) is 0. The molecule has 0 amide bonds. The van der Waals surface area contributed by atoms with Gasteiger partial charge in [-0.15, -0.1) is 0 Å². The molecule has 0 aliphatic heterocycles. The van der Waals surface area contributed by atoms with Gasteiger partial charge in [0, 0.05) is 0 Å². The summed E-state index contributed by atoms with van der Waals surface area (Å²) < 4.78 is 0. The molecule has 0 bridgehead atoms. The second-order valence-corrected chi connectivity index (χ2v) is 4.51. The zero-order valence-electron chi connectivity index (χ0n) is 8.44. The molecule has 0 N–H and O–H groups in total. The van der Waals surface area contributed by atoms with Crippen molar-refractivity contribution in [2.75, 3.05) is 0 Å². The molecule has 0 nitrogen and oxygen atoms in total. The lowest BCUT2D eigenvalue weighted by Crippen LogP contribution is -2.18. The molecule has 1 fully saturated rings. The van der Waals surface area contributed by atoms with E-state index in [0.717, 1.165) is 11.8 Å². The lowest BCUT2D eigenvalue weighted by Gasteiger charge is -2.26. The van der Waals surface area contributed by atoms with Crippen LogP contribution in [-0.4, -0.2) is 0 Å². The first-order valence-corrected chi connectivity index (χ1v) is 4.65. The molecule has 0 saturated heterocycles. The van der Waals surface area contributed by atoms with Crippen molar-refractivity contribution in [3.8, 4) is 0 Å². The summed E-state index contributed by atoms with van der Waals surface area (Å²) in [4.78, 5) is 0. The molecular weight excluding hydrogens is 132 g/mol. The van der Waals surface area contributed by atoms with E-state index in [0.29, 0.717) is 5.41 Å². The first-order chi connectivity index (χ1) is 5.00. The number of hydrogen-bond donors (Lipinski definition) is 0. The Morgan fingerprint density at radius 1 is 1.36 bits per heavy atom. The van der Waals surface area contributed by atoms with Crippen LogP contribution in [-0.2, 0) is 0 Å². The van der Waals surface area contributed by atoms with Crippen LogP contribution in [0, 0.1) is 17.3 Å². The SMILES string of the molecule is CC=C1CC(C)C(C)C1(C)C. The van der Waals surface area contributed by atoms with Gasteiger partial charge in [-0.05, 0) is 30.6 Å². The van der Waals surface area contributed by atoms with Gasteiger partial charge in [0.05, 0.1) is 0 Å². The summed E-state index contributed by atoms with van der Waals surface area (Å²) in [5.74, 6) is 1.71. The highest BCUT2D eigenvalue weighted by molar-refractivity contribution is 5.19. The molecule has 2 atom stereocenters. The third-order valence-corrected chi connectivity index (χ3v) is 3.71. The zero-order chi connectivity index (χ0) is 8.65. The summed E-state index contributed by atoms with van der Waals surface area (Å²) >= 11 is 0. The summed E-state index contributed by atoms with van der Waals surface area (Å²) in [6, 6.07) is 0. The standard InChI is InChI=1S/C11H20/c1-6-10-7-8(2)9(3)11(10,4)5/h6,8-9H,7H2,1-5H3. The Bertz CT molecular complexity index is 174. The van der Waals surface area contributed by atoms with Gasteiger partial charge < -0.3 is 0 Å². The van der Waals surface area contributed by atoms with E-state index in [-0.39, 0.29) is 0 Å². The van der Waals surface area contributed by atoms with Gasteiger partial charge in [-0.25, -0.2) is 0 Å². The average Bonchev–Trinajstić information content (AvgIpc) is 2.13. The maximum absolute atomic E-state index is 2.38. The zero-order valence-corrected chi connectivity index (χ0v) is 8.44. The Labute approximate surface area is 70.7 Å². The van der Waals surface area contributed by atoms with Gasteiger partial charge in [-0.2, -0.15) is 0 Å². The molecular formula is C11H20. The Balaban J connectivity index is 2.92. The van der Waals surface area contributed by atoms with Gasteiger partial charge in [-0.1, -0.05) is 39.3 Å². The largest absolute Gasteiger partial charge is 0.0879 e. The number of allylic oxidation sites excluding steroid dienone is 2. The fraction of sp³-hybridized carbons (Fsp3) is 0.818. The van der Waals surface area contributed by atoms with Crippen LogP contribution in [0.4, 0.5) is 0 Å². The van der Waals surface area contributed by atoms with Crippen molar-refractivity contribution in [2.24, 2.45) is 17.3 Å². The van der Waals surface area contributed by atoms with Crippen LogP contribution in [0.5, 0.6) is 0 Å². The average molecular weight is 152 g/mol. The van der Waals surface area contributed by atoms with Crippen molar-refractivity contribution in [1.82, 2.24) is 0 Å². The molecule has 0 heterocycles. The van der Waals surface area contributed by atoms with E-state index >= 15 is 0 Å². The van der Waals surface area contributed by atoms with Gasteiger partial charge in [0.1, 0.15) is 0 Å². The molecule has 11 heavy (non-hydrogen) atoms. The number of rotatable bonds is 0. The summed E-state index contributed by atoms with van der Waals surface area (Å²) in [5, 5.41) is 0. The van der Waals surface area contributed by atoms with Crippen LogP contribution < -0.4 is 0 Å². The Hall–Kier alpha value is -0.260. The van der Waals surface area contributed by atoms with Gasteiger partial charge in [-0.3, -0.25) is 0 Å². The minimum atomic E-state index is 0.453. The van der Waals surface area contributed by atoms with E-state index in [9.17, 15) is 0 Å². The van der Waals surface area contributed by atoms with Crippen molar-refractivity contribution in [2.45, 2.75) is 41.0 Å². The first-order valence-electron chi connectivity index (χ1n) is 4.65. The molecule has 1 aliphatic carbocycles. The van der Waals surface area contributed by atoms with Crippen LogP contribution in [0.2, 0.25) is 0 Å². The molecule has 0 spiro atoms. The first kappa shape index (κ1) is 8.83. The highest BCUT2D eigenvalue weighted by Gasteiger charge is 2.39. The molecule has 1 aliphatic rings. The minimum absolute atomic E-state index is 0.453. The topological polar surface area (TPSA) is 0 Å². The highest BCUT2D eigenvalue weighted by atomic mass is 14.4. The van der Waals surface area contributed by atoms with E-state index in [1.54, 1.807) is 5.57 Å². The van der Waals surface area contributed by atoms with Crippen LogP contribution >= 0.6 is 0 Å². The quantitative estimate of drug-likeness (QED) is 0.465. The van der Waals surface area contributed by atoms with Gasteiger partial charge in [0.2, 0.25) is 0 Å². The van der Waals surface area contributed by atoms with Crippen LogP contribution in [0.3, 0.4) is 0 Å². The second kappa shape index (κ2) is 2.66. The van der Waals surface area contributed by atoms with E-state index in [1.165, 1.54) is 6.42 Å². The van der Waals surface area contributed by atoms with Crippen LogP contribution in [0.25, 0.3) is 0 Å². The van der Waals surface area contributed by atoms with Crippen molar-refractivity contribution in [1.29, 1.82) is 0 Å². The molecule has 0 aromatic heterocycles. The lowest BCUT2D eigenvalue weighted by atomic mass is 9.78. The smallest absolute Gasteiger partial charge is 0.0116 e. The molecule has 2 unspecified atom stereocenters. The van der Waals surface area contributed by atoms with Gasteiger partial charge in [0.15, 0.2) is 0 Å². The molecule has 1 rings (SSSR count). The third kappa shape index (κ3) is 1.23. The maximum atomic E-state index is 2.38. The lowest BCUT2D eigenvalue weighted by molar-refractivity contribution is 0.278. The fourth-order valence-corrected chi connectivity index (χ4v) is 2.28. The maximum Gasteiger partial charge on any atom is -0.0116 e. The Morgan fingerprint density at radius 2 is 1.91 bits per heavy atom. The van der Waals surface area contributed by atoms with Crippen LogP contribution in [0.15, 0.2) is 11.6 Å². The van der Waals surface area contributed by atoms with E-state index in [1.807, 2.05) is 0 Å². The normalized spacial score (nSPS) is 39.9. The van der Waals surface area contributed by atoms with Gasteiger partial charge in [0.25, 0.3) is 0 Å². The van der Waals surface area contributed by atoms with Crippen molar-refractivity contribution < 1.29 is 0 Å². The summed E-state index contributed by atoms with van der Waals surface area (Å²) in [5.41, 5.74) is 2.10. The van der Waals surface area contributed by atoms with Crippen molar-refractivity contribution in [3.63, 3.8) is 0 Å². The molecule has 64 valence electrons. The fourth-order valence-electron chi connectivity index (χ4n) is 2.28. The molecule has 0 radical (unpaired) electrons. The van der Waals surface area contributed by atoms with Gasteiger partial charge >= 0.3 is 0 Å². The Morgan fingerprint density at radius 3 is 2.09 bits per heavy atom. The van der Waals surface area contributed by atoms with Crippen molar-refractivity contribution >= 4 is 0 Å². The van der Waals surface area contributed by atoms with E-state index in [4.69, 9.17) is 0 Å². The summed E-state index contributed by atoms with van der Waals surface area (Å²) in [6.07, 6.45) is 3.62. The molecule has 0 aromatic rings. The highest BCUT2D eigenvalue weighted by Crippen LogP contribution is 2.49. The predicted molar refractivity (Wildman–Crippen MR) is 50.5 cm³/mol. The molecule has 0 heteroatoms. The van der Waals surface area contributed by atoms with E-state index < -0.39 is 0 Å².